The highest BCUT2D eigenvalue weighted by molar-refractivity contribution is 5.88. The first-order valence-electron chi connectivity index (χ1n) is 14.4. The number of rotatable bonds is 5. The Morgan fingerprint density at radius 1 is 0.372 bits per heavy atom. The van der Waals surface area contributed by atoms with Crippen LogP contribution in [0.1, 0.15) is 22.3 Å². The largest absolute Gasteiger partial charge is 0.265 e. The van der Waals surface area contributed by atoms with Gasteiger partial charge in [-0.3, -0.25) is 4.98 Å². The summed E-state index contributed by atoms with van der Waals surface area (Å²) in [6.07, 6.45) is 3.77. The number of fused-ring (bicyclic) bond motifs is 3. The van der Waals surface area contributed by atoms with Gasteiger partial charge < -0.3 is 0 Å². The Hall–Kier alpha value is -5.74. The average Bonchev–Trinajstić information content (AvgIpc) is 3.40. The maximum absolute atomic E-state index is 5.00. The summed E-state index contributed by atoms with van der Waals surface area (Å²) >= 11 is 0. The fourth-order valence-electron chi connectivity index (χ4n) is 6.44. The standard InChI is InChI=1S/C39H26N4/c1-4-12-27(13-5-1)36-41-37(28-14-6-2-7-15-28)43-38(42-36)29-20-21-35-33(26-29)32-18-10-11-19-34(32)39(35,30-16-8-3-9-17-30)31-22-24-40-25-23-31/h1-26H. The molecule has 0 N–H and O–H groups in total. The molecule has 0 bridgehead atoms. The van der Waals surface area contributed by atoms with E-state index in [-0.39, 0.29) is 0 Å². The normalized spacial score (nSPS) is 15.1. The van der Waals surface area contributed by atoms with Crippen LogP contribution in [0.3, 0.4) is 0 Å². The molecule has 4 nitrogen and oxygen atoms in total. The van der Waals surface area contributed by atoms with E-state index < -0.39 is 5.41 Å². The third kappa shape index (κ3) is 4.07. The van der Waals surface area contributed by atoms with Crippen molar-refractivity contribution in [1.82, 2.24) is 19.9 Å². The van der Waals surface area contributed by atoms with E-state index in [1.54, 1.807) is 0 Å². The van der Waals surface area contributed by atoms with E-state index in [9.17, 15) is 0 Å². The smallest absolute Gasteiger partial charge is 0.164 e. The topological polar surface area (TPSA) is 51.6 Å². The Bertz CT molecular complexity index is 1960. The van der Waals surface area contributed by atoms with E-state index in [1.165, 1.54) is 33.4 Å². The molecule has 2 heterocycles. The van der Waals surface area contributed by atoms with Gasteiger partial charge in [-0.25, -0.2) is 15.0 Å². The van der Waals surface area contributed by atoms with Gasteiger partial charge in [0.2, 0.25) is 0 Å². The molecular weight excluding hydrogens is 524 g/mol. The van der Waals surface area contributed by atoms with Gasteiger partial charge in [0.05, 0.1) is 5.41 Å². The van der Waals surface area contributed by atoms with Crippen molar-refractivity contribution < 1.29 is 0 Å². The number of hydrogen-bond donors (Lipinski definition) is 0. The van der Waals surface area contributed by atoms with E-state index in [0.717, 1.165) is 16.7 Å². The van der Waals surface area contributed by atoms with Gasteiger partial charge in [-0.2, -0.15) is 0 Å². The molecule has 1 unspecified atom stereocenters. The summed E-state index contributed by atoms with van der Waals surface area (Å²) < 4.78 is 0. The second kappa shape index (κ2) is 10.3. The van der Waals surface area contributed by atoms with Crippen LogP contribution in [-0.4, -0.2) is 19.9 Å². The number of hydrogen-bond acceptors (Lipinski definition) is 4. The van der Waals surface area contributed by atoms with E-state index in [0.29, 0.717) is 17.5 Å². The van der Waals surface area contributed by atoms with Crippen LogP contribution >= 0.6 is 0 Å². The molecular formula is C39H26N4. The van der Waals surface area contributed by atoms with E-state index in [2.05, 4.69) is 89.9 Å². The highest BCUT2D eigenvalue weighted by Gasteiger charge is 2.46. The molecule has 5 aromatic carbocycles. The Morgan fingerprint density at radius 3 is 1.49 bits per heavy atom. The zero-order valence-corrected chi connectivity index (χ0v) is 23.3. The zero-order chi connectivity index (χ0) is 28.6. The molecule has 0 amide bonds. The Morgan fingerprint density at radius 2 is 0.860 bits per heavy atom. The molecule has 0 saturated carbocycles. The van der Waals surface area contributed by atoms with Crippen molar-refractivity contribution in [3.63, 3.8) is 0 Å². The third-order valence-corrected chi connectivity index (χ3v) is 8.32. The molecule has 7 aromatic rings. The van der Waals surface area contributed by atoms with Crippen LogP contribution < -0.4 is 0 Å². The molecule has 0 saturated heterocycles. The van der Waals surface area contributed by atoms with Crippen molar-refractivity contribution in [3.05, 3.63) is 180 Å². The van der Waals surface area contributed by atoms with Crippen molar-refractivity contribution in [3.8, 4) is 45.3 Å². The first-order valence-corrected chi connectivity index (χ1v) is 14.4. The van der Waals surface area contributed by atoms with Crippen LogP contribution in [-0.2, 0) is 5.41 Å². The minimum Gasteiger partial charge on any atom is -0.265 e. The first kappa shape index (κ1) is 25.0. The lowest BCUT2D eigenvalue weighted by molar-refractivity contribution is 0.766. The van der Waals surface area contributed by atoms with Crippen LogP contribution in [0.4, 0.5) is 0 Å². The fourth-order valence-corrected chi connectivity index (χ4v) is 6.44. The summed E-state index contributed by atoms with van der Waals surface area (Å²) in [6.45, 7) is 0. The molecule has 43 heavy (non-hydrogen) atoms. The molecule has 1 atom stereocenters. The summed E-state index contributed by atoms with van der Waals surface area (Å²) in [5.41, 5.74) is 9.66. The van der Waals surface area contributed by atoms with E-state index in [1.807, 2.05) is 73.1 Å². The number of benzene rings is 5. The molecule has 2 aromatic heterocycles. The van der Waals surface area contributed by atoms with Crippen LogP contribution in [0.15, 0.2) is 158 Å². The summed E-state index contributed by atoms with van der Waals surface area (Å²) in [5, 5.41) is 0. The van der Waals surface area contributed by atoms with Crippen LogP contribution in [0.2, 0.25) is 0 Å². The maximum Gasteiger partial charge on any atom is 0.164 e. The molecule has 0 spiro atoms. The van der Waals surface area contributed by atoms with Gasteiger partial charge in [-0.15, -0.1) is 0 Å². The summed E-state index contributed by atoms with van der Waals surface area (Å²) in [5.74, 6) is 1.95. The van der Waals surface area contributed by atoms with Gasteiger partial charge in [0.1, 0.15) is 0 Å². The summed E-state index contributed by atoms with van der Waals surface area (Å²) in [4.78, 5) is 19.2. The van der Waals surface area contributed by atoms with E-state index >= 15 is 0 Å². The average molecular weight is 551 g/mol. The zero-order valence-electron chi connectivity index (χ0n) is 23.3. The lowest BCUT2D eigenvalue weighted by Gasteiger charge is -2.33. The predicted molar refractivity (Wildman–Crippen MR) is 171 cm³/mol. The van der Waals surface area contributed by atoms with E-state index in [4.69, 9.17) is 15.0 Å². The second-order valence-corrected chi connectivity index (χ2v) is 10.7. The number of pyridine rings is 1. The highest BCUT2D eigenvalue weighted by Crippen LogP contribution is 2.56. The first-order chi connectivity index (χ1) is 21.3. The Kier molecular flexibility index (Phi) is 5.97. The molecule has 202 valence electrons. The Balaban J connectivity index is 1.38. The van der Waals surface area contributed by atoms with Gasteiger partial charge in [-0.1, -0.05) is 127 Å². The number of aromatic nitrogens is 4. The molecule has 1 aliphatic carbocycles. The molecule has 0 aliphatic heterocycles. The minimum absolute atomic E-state index is 0.474. The van der Waals surface area contributed by atoms with Crippen molar-refractivity contribution >= 4 is 0 Å². The molecule has 0 fully saturated rings. The van der Waals surface area contributed by atoms with Crippen LogP contribution in [0.25, 0.3) is 45.3 Å². The fraction of sp³-hybridized carbons (Fsp3) is 0.0256. The van der Waals surface area contributed by atoms with Gasteiger partial charge in [0.25, 0.3) is 0 Å². The van der Waals surface area contributed by atoms with Crippen molar-refractivity contribution in [2.45, 2.75) is 5.41 Å². The maximum atomic E-state index is 5.00. The molecule has 8 rings (SSSR count). The quantitative estimate of drug-likeness (QED) is 0.215. The lowest BCUT2D eigenvalue weighted by atomic mass is 9.68. The second-order valence-electron chi connectivity index (χ2n) is 10.7. The van der Waals surface area contributed by atoms with Gasteiger partial charge in [-0.05, 0) is 51.6 Å². The molecule has 4 heteroatoms. The Labute approximate surface area is 250 Å². The predicted octanol–water partition coefficient (Wildman–Crippen LogP) is 8.63. The van der Waals surface area contributed by atoms with Crippen LogP contribution in [0.5, 0.6) is 0 Å². The summed E-state index contributed by atoms with van der Waals surface area (Å²) in [7, 11) is 0. The van der Waals surface area contributed by atoms with Gasteiger partial charge >= 0.3 is 0 Å². The third-order valence-electron chi connectivity index (χ3n) is 8.32. The van der Waals surface area contributed by atoms with Gasteiger partial charge in [0, 0.05) is 29.1 Å². The summed E-state index contributed by atoms with van der Waals surface area (Å²) in [6, 6.07) is 50.6. The lowest BCUT2D eigenvalue weighted by Crippen LogP contribution is -2.28. The minimum atomic E-state index is -0.474. The SMILES string of the molecule is c1ccc(-c2nc(-c3ccccc3)nc(-c3ccc4c(c3)-c3ccccc3C4(c3ccccc3)c3ccncc3)n2)cc1. The van der Waals surface area contributed by atoms with Crippen molar-refractivity contribution in [1.29, 1.82) is 0 Å². The van der Waals surface area contributed by atoms with Crippen LogP contribution in [0, 0.1) is 0 Å². The van der Waals surface area contributed by atoms with Crippen molar-refractivity contribution in [2.75, 3.05) is 0 Å². The van der Waals surface area contributed by atoms with Crippen molar-refractivity contribution in [2.24, 2.45) is 0 Å². The number of nitrogens with zero attached hydrogens (tertiary/aromatic N) is 4. The monoisotopic (exact) mass is 550 g/mol. The van der Waals surface area contributed by atoms with Gasteiger partial charge in [0.15, 0.2) is 17.5 Å². The molecule has 0 radical (unpaired) electrons. The molecule has 1 aliphatic rings. The highest BCUT2D eigenvalue weighted by atomic mass is 15.0.